The van der Waals surface area contributed by atoms with E-state index in [0.29, 0.717) is 6.04 Å². The number of hydrogen-bond acceptors (Lipinski definition) is 3. The molecule has 0 bridgehead atoms. The smallest absolute Gasteiger partial charge is 0.0651 e. The van der Waals surface area contributed by atoms with Crippen LogP contribution in [0.1, 0.15) is 12.5 Å². The Balaban J connectivity index is 2.31. The van der Waals surface area contributed by atoms with Crippen LogP contribution >= 0.6 is 11.6 Å². The van der Waals surface area contributed by atoms with Crippen molar-refractivity contribution in [2.45, 2.75) is 25.9 Å². The maximum absolute atomic E-state index is 9.58. The van der Waals surface area contributed by atoms with Crippen molar-refractivity contribution < 1.29 is 5.11 Å². The molecule has 1 heterocycles. The van der Waals surface area contributed by atoms with Crippen LogP contribution in [0.25, 0.3) is 0 Å². The van der Waals surface area contributed by atoms with Crippen LogP contribution in [-0.2, 0) is 0 Å². The highest BCUT2D eigenvalue weighted by Gasteiger charge is 2.30. The van der Waals surface area contributed by atoms with Crippen molar-refractivity contribution in [1.82, 2.24) is 4.90 Å². The molecule has 0 spiro atoms. The molecular formula is C14H21ClN2O. The van der Waals surface area contributed by atoms with E-state index >= 15 is 0 Å². The molecule has 1 aromatic carbocycles. The van der Waals surface area contributed by atoms with E-state index in [2.05, 4.69) is 29.8 Å². The van der Waals surface area contributed by atoms with Crippen LogP contribution in [-0.4, -0.2) is 48.8 Å². The van der Waals surface area contributed by atoms with Gasteiger partial charge in [0.15, 0.2) is 0 Å². The summed E-state index contributed by atoms with van der Waals surface area (Å²) < 4.78 is 0. The van der Waals surface area contributed by atoms with Crippen molar-refractivity contribution in [2.75, 3.05) is 31.6 Å². The van der Waals surface area contributed by atoms with Gasteiger partial charge >= 0.3 is 0 Å². The van der Waals surface area contributed by atoms with Gasteiger partial charge in [-0.3, -0.25) is 0 Å². The molecule has 1 N–H and O–H groups in total. The third-order valence-electron chi connectivity index (χ3n) is 3.63. The van der Waals surface area contributed by atoms with Crippen LogP contribution in [0.5, 0.6) is 0 Å². The predicted molar refractivity (Wildman–Crippen MR) is 76.5 cm³/mol. The van der Waals surface area contributed by atoms with E-state index in [1.165, 1.54) is 0 Å². The first-order valence-electron chi connectivity index (χ1n) is 6.37. The molecule has 0 aromatic heterocycles. The van der Waals surface area contributed by atoms with Gasteiger partial charge in [-0.05, 0) is 38.6 Å². The Kier molecular flexibility index (Phi) is 4.15. The SMILES string of the molecule is Cc1ccc(N2C(C)CN(C)CC2CO)cc1Cl. The van der Waals surface area contributed by atoms with E-state index in [0.717, 1.165) is 29.4 Å². The summed E-state index contributed by atoms with van der Waals surface area (Å²) in [6.07, 6.45) is 0. The Bertz CT molecular complexity index is 424. The first-order chi connectivity index (χ1) is 8.52. The normalized spacial score (nSPS) is 25.5. The zero-order chi connectivity index (χ0) is 13.3. The summed E-state index contributed by atoms with van der Waals surface area (Å²) in [5.41, 5.74) is 2.19. The first kappa shape index (κ1) is 13.7. The van der Waals surface area contributed by atoms with Crippen LogP contribution < -0.4 is 4.90 Å². The third kappa shape index (κ3) is 2.63. The van der Waals surface area contributed by atoms with Crippen molar-refractivity contribution in [3.63, 3.8) is 0 Å². The highest BCUT2D eigenvalue weighted by molar-refractivity contribution is 6.31. The minimum Gasteiger partial charge on any atom is -0.394 e. The number of anilines is 1. The number of piperazine rings is 1. The fraction of sp³-hybridized carbons (Fsp3) is 0.571. The third-order valence-corrected chi connectivity index (χ3v) is 4.04. The van der Waals surface area contributed by atoms with Gasteiger partial charge in [-0.25, -0.2) is 0 Å². The number of benzene rings is 1. The molecule has 0 aliphatic carbocycles. The van der Waals surface area contributed by atoms with Crippen molar-refractivity contribution >= 4 is 17.3 Å². The molecule has 1 aliphatic rings. The Morgan fingerprint density at radius 1 is 1.39 bits per heavy atom. The van der Waals surface area contributed by atoms with Crippen LogP contribution in [0.4, 0.5) is 5.69 Å². The summed E-state index contributed by atoms with van der Waals surface area (Å²) in [4.78, 5) is 4.54. The number of nitrogens with zero attached hydrogens (tertiary/aromatic N) is 2. The summed E-state index contributed by atoms with van der Waals surface area (Å²) >= 11 is 6.20. The summed E-state index contributed by atoms with van der Waals surface area (Å²) in [5, 5.41) is 10.4. The molecule has 2 unspecified atom stereocenters. The number of rotatable bonds is 2. The molecule has 100 valence electrons. The summed E-state index contributed by atoms with van der Waals surface area (Å²) in [5.74, 6) is 0. The zero-order valence-electron chi connectivity index (χ0n) is 11.2. The van der Waals surface area contributed by atoms with E-state index in [1.54, 1.807) is 0 Å². The first-order valence-corrected chi connectivity index (χ1v) is 6.74. The summed E-state index contributed by atoms with van der Waals surface area (Å²) in [6.45, 7) is 6.24. The van der Waals surface area contributed by atoms with Gasteiger partial charge in [0.1, 0.15) is 0 Å². The molecule has 0 saturated carbocycles. The average Bonchev–Trinajstić information content (AvgIpc) is 2.32. The number of aryl methyl sites for hydroxylation is 1. The van der Waals surface area contributed by atoms with E-state index in [4.69, 9.17) is 11.6 Å². The quantitative estimate of drug-likeness (QED) is 0.890. The van der Waals surface area contributed by atoms with Crippen molar-refractivity contribution in [3.8, 4) is 0 Å². The Hall–Kier alpha value is -0.770. The number of halogens is 1. The van der Waals surface area contributed by atoms with Gasteiger partial charge < -0.3 is 14.9 Å². The maximum atomic E-state index is 9.58. The molecule has 1 saturated heterocycles. The fourth-order valence-corrected chi connectivity index (χ4v) is 2.95. The standard InChI is InChI=1S/C14H21ClN2O/c1-10-4-5-12(6-14(10)15)17-11(2)7-16(3)8-13(17)9-18/h4-6,11,13,18H,7-9H2,1-3H3. The molecule has 3 nitrogen and oxygen atoms in total. The maximum Gasteiger partial charge on any atom is 0.0651 e. The van der Waals surface area contributed by atoms with Gasteiger partial charge in [0.25, 0.3) is 0 Å². The molecule has 1 aliphatic heterocycles. The largest absolute Gasteiger partial charge is 0.394 e. The lowest BCUT2D eigenvalue weighted by atomic mass is 10.1. The van der Waals surface area contributed by atoms with Gasteiger partial charge in [-0.1, -0.05) is 17.7 Å². The van der Waals surface area contributed by atoms with Crippen LogP contribution in [0.3, 0.4) is 0 Å². The minimum atomic E-state index is 0.137. The number of likely N-dealkylation sites (N-methyl/N-ethyl adjacent to an activating group) is 1. The predicted octanol–water partition coefficient (Wildman–Crippen LogP) is 2.15. The fourth-order valence-electron chi connectivity index (χ4n) is 2.77. The van der Waals surface area contributed by atoms with Crippen molar-refractivity contribution in [2.24, 2.45) is 0 Å². The lowest BCUT2D eigenvalue weighted by Crippen LogP contribution is -2.58. The van der Waals surface area contributed by atoms with Gasteiger partial charge in [-0.15, -0.1) is 0 Å². The van der Waals surface area contributed by atoms with Crippen molar-refractivity contribution in [1.29, 1.82) is 0 Å². The van der Waals surface area contributed by atoms with Crippen LogP contribution in [0.2, 0.25) is 5.02 Å². The van der Waals surface area contributed by atoms with E-state index in [9.17, 15) is 5.11 Å². The summed E-state index contributed by atoms with van der Waals surface area (Å²) in [7, 11) is 2.10. The molecule has 0 radical (unpaired) electrons. The van der Waals surface area contributed by atoms with Crippen LogP contribution in [0.15, 0.2) is 18.2 Å². The molecule has 2 atom stereocenters. The number of aliphatic hydroxyl groups is 1. The topological polar surface area (TPSA) is 26.7 Å². The monoisotopic (exact) mass is 268 g/mol. The van der Waals surface area contributed by atoms with Crippen molar-refractivity contribution in [3.05, 3.63) is 28.8 Å². The van der Waals surface area contributed by atoms with E-state index in [1.807, 2.05) is 19.1 Å². The average molecular weight is 269 g/mol. The number of aliphatic hydroxyl groups excluding tert-OH is 1. The van der Waals surface area contributed by atoms with Gasteiger partial charge in [0, 0.05) is 29.8 Å². The lowest BCUT2D eigenvalue weighted by Gasteiger charge is -2.45. The van der Waals surface area contributed by atoms with Gasteiger partial charge in [0.05, 0.1) is 12.6 Å². The molecule has 18 heavy (non-hydrogen) atoms. The molecule has 4 heteroatoms. The highest BCUT2D eigenvalue weighted by Crippen LogP contribution is 2.28. The van der Waals surface area contributed by atoms with E-state index in [-0.39, 0.29) is 12.6 Å². The molecule has 2 rings (SSSR count). The molecule has 1 aromatic rings. The Morgan fingerprint density at radius 3 is 2.72 bits per heavy atom. The number of hydrogen-bond donors (Lipinski definition) is 1. The Labute approximate surface area is 114 Å². The second-order valence-corrected chi connectivity index (χ2v) is 5.65. The molecule has 1 fully saturated rings. The molecular weight excluding hydrogens is 248 g/mol. The Morgan fingerprint density at radius 2 is 2.11 bits per heavy atom. The highest BCUT2D eigenvalue weighted by atomic mass is 35.5. The summed E-state index contributed by atoms with van der Waals surface area (Å²) in [6, 6.07) is 6.64. The zero-order valence-corrected chi connectivity index (χ0v) is 12.0. The van der Waals surface area contributed by atoms with E-state index < -0.39 is 0 Å². The molecule has 0 amide bonds. The van der Waals surface area contributed by atoms with Gasteiger partial charge in [0.2, 0.25) is 0 Å². The second-order valence-electron chi connectivity index (χ2n) is 5.25. The minimum absolute atomic E-state index is 0.137. The van der Waals surface area contributed by atoms with Gasteiger partial charge in [-0.2, -0.15) is 0 Å². The van der Waals surface area contributed by atoms with Crippen LogP contribution in [0, 0.1) is 6.92 Å². The lowest BCUT2D eigenvalue weighted by molar-refractivity contribution is 0.171. The second kappa shape index (κ2) is 5.47.